The highest BCUT2D eigenvalue weighted by molar-refractivity contribution is 5.77. The quantitative estimate of drug-likeness (QED) is 0.842. The number of likely N-dealkylation sites (tertiary alicyclic amines) is 1. The minimum Gasteiger partial charge on any atom is -0.425 e. The Labute approximate surface area is 147 Å². The fourth-order valence-corrected chi connectivity index (χ4v) is 3.25. The molecule has 0 saturated carbocycles. The van der Waals surface area contributed by atoms with Gasteiger partial charge in [-0.3, -0.25) is 9.69 Å². The molecule has 1 aromatic heterocycles. The van der Waals surface area contributed by atoms with Crippen LogP contribution in [0.5, 0.6) is 0 Å². The van der Waals surface area contributed by atoms with Crippen LogP contribution in [-0.4, -0.2) is 63.3 Å². The highest BCUT2D eigenvalue weighted by Crippen LogP contribution is 2.24. The number of aliphatic hydroxyl groups is 1. The Morgan fingerprint density at radius 1 is 1.36 bits per heavy atom. The minimum absolute atomic E-state index is 0.0567. The van der Waals surface area contributed by atoms with Crippen LogP contribution in [0.1, 0.15) is 23.8 Å². The summed E-state index contributed by atoms with van der Waals surface area (Å²) in [5, 5.41) is 18.4. The number of rotatable bonds is 6. The number of aryl methyl sites for hydroxylation is 1. The van der Waals surface area contributed by atoms with Gasteiger partial charge in [0.15, 0.2) is 0 Å². The van der Waals surface area contributed by atoms with Crippen LogP contribution in [0.3, 0.4) is 0 Å². The standard InChI is InChI=1S/C18H24N4O3/c1-14-19-20-16(25-14)10-17(23)21(2)12-18(24)8-9-22(13-18)11-15-6-4-3-5-7-15/h3-7,24H,8-13H2,1-2H3. The SMILES string of the molecule is Cc1nnc(CC(=O)N(C)CC2(O)CCN(Cc3ccccc3)C2)o1. The van der Waals surface area contributed by atoms with E-state index in [-0.39, 0.29) is 12.3 Å². The third-order valence-corrected chi connectivity index (χ3v) is 4.49. The second kappa shape index (κ2) is 7.33. The van der Waals surface area contributed by atoms with Crippen molar-refractivity contribution in [2.24, 2.45) is 0 Å². The third-order valence-electron chi connectivity index (χ3n) is 4.49. The summed E-state index contributed by atoms with van der Waals surface area (Å²) in [6.07, 6.45) is 0.707. The molecule has 1 aromatic carbocycles. The van der Waals surface area contributed by atoms with Crippen molar-refractivity contribution in [1.29, 1.82) is 0 Å². The zero-order chi connectivity index (χ0) is 17.9. The van der Waals surface area contributed by atoms with Crippen molar-refractivity contribution in [2.45, 2.75) is 31.9 Å². The van der Waals surface area contributed by atoms with Crippen LogP contribution in [0.25, 0.3) is 0 Å². The van der Waals surface area contributed by atoms with E-state index in [9.17, 15) is 9.90 Å². The molecular formula is C18H24N4O3. The summed E-state index contributed by atoms with van der Waals surface area (Å²) in [7, 11) is 1.70. The number of carbonyl (C=O) groups is 1. The molecule has 1 fully saturated rings. The van der Waals surface area contributed by atoms with Crippen molar-refractivity contribution in [3.8, 4) is 0 Å². The van der Waals surface area contributed by atoms with Gasteiger partial charge in [0.25, 0.3) is 0 Å². The van der Waals surface area contributed by atoms with E-state index in [2.05, 4.69) is 27.2 Å². The van der Waals surface area contributed by atoms with Gasteiger partial charge in [-0.1, -0.05) is 30.3 Å². The Hall–Kier alpha value is -2.25. The largest absolute Gasteiger partial charge is 0.425 e. The topological polar surface area (TPSA) is 82.7 Å². The first-order valence-electron chi connectivity index (χ1n) is 8.45. The van der Waals surface area contributed by atoms with Gasteiger partial charge in [-0.05, 0) is 12.0 Å². The predicted octanol–water partition coefficient (Wildman–Crippen LogP) is 1.02. The second-order valence-corrected chi connectivity index (χ2v) is 6.81. The number of carbonyl (C=O) groups excluding carboxylic acids is 1. The Morgan fingerprint density at radius 2 is 2.12 bits per heavy atom. The molecule has 1 N–H and O–H groups in total. The zero-order valence-corrected chi connectivity index (χ0v) is 14.7. The van der Waals surface area contributed by atoms with Crippen molar-refractivity contribution >= 4 is 5.91 Å². The number of nitrogens with zero attached hydrogens (tertiary/aromatic N) is 4. The monoisotopic (exact) mass is 344 g/mol. The van der Waals surface area contributed by atoms with Crippen LogP contribution >= 0.6 is 0 Å². The average molecular weight is 344 g/mol. The minimum atomic E-state index is -0.885. The van der Waals surface area contributed by atoms with E-state index in [1.807, 2.05) is 18.2 Å². The lowest BCUT2D eigenvalue weighted by Crippen LogP contribution is -2.46. The first kappa shape index (κ1) is 17.6. The molecule has 1 aliphatic heterocycles. The highest BCUT2D eigenvalue weighted by Gasteiger charge is 2.37. The van der Waals surface area contributed by atoms with Gasteiger partial charge in [0.2, 0.25) is 17.7 Å². The first-order chi connectivity index (χ1) is 11.9. The molecule has 1 aliphatic rings. The summed E-state index contributed by atoms with van der Waals surface area (Å²) in [5.41, 5.74) is 0.340. The maximum Gasteiger partial charge on any atom is 0.231 e. The van der Waals surface area contributed by atoms with E-state index in [0.29, 0.717) is 31.3 Å². The summed E-state index contributed by atoms with van der Waals surface area (Å²) in [4.78, 5) is 16.1. The van der Waals surface area contributed by atoms with Gasteiger partial charge in [0.05, 0.1) is 12.1 Å². The number of β-amino-alcohol motifs (C(OH)–C–C–N with tert-alkyl or cyclic N) is 1. The number of likely N-dealkylation sites (N-methyl/N-ethyl adjacent to an activating group) is 1. The molecule has 134 valence electrons. The molecule has 0 aliphatic carbocycles. The van der Waals surface area contributed by atoms with Gasteiger partial charge in [-0.15, -0.1) is 10.2 Å². The summed E-state index contributed by atoms with van der Waals surface area (Å²) in [6.45, 7) is 4.16. The van der Waals surface area contributed by atoms with E-state index in [1.54, 1.807) is 18.9 Å². The molecule has 2 heterocycles. The number of benzene rings is 1. The molecule has 1 atom stereocenters. The predicted molar refractivity (Wildman–Crippen MR) is 91.7 cm³/mol. The fraction of sp³-hybridized carbons (Fsp3) is 0.500. The van der Waals surface area contributed by atoms with Gasteiger partial charge in [0.1, 0.15) is 6.42 Å². The van der Waals surface area contributed by atoms with Crippen LogP contribution in [0.2, 0.25) is 0 Å². The number of hydrogen-bond donors (Lipinski definition) is 1. The maximum atomic E-state index is 12.3. The first-order valence-corrected chi connectivity index (χ1v) is 8.45. The summed E-state index contributed by atoms with van der Waals surface area (Å²) in [5.74, 6) is 0.605. The van der Waals surface area contributed by atoms with E-state index in [1.165, 1.54) is 5.56 Å². The molecule has 3 rings (SSSR count). The fourth-order valence-electron chi connectivity index (χ4n) is 3.25. The lowest BCUT2D eigenvalue weighted by molar-refractivity contribution is -0.132. The molecule has 7 nitrogen and oxygen atoms in total. The molecule has 1 saturated heterocycles. The van der Waals surface area contributed by atoms with Crippen molar-refractivity contribution in [1.82, 2.24) is 20.0 Å². The Balaban J connectivity index is 1.52. The molecule has 0 spiro atoms. The van der Waals surface area contributed by atoms with E-state index in [4.69, 9.17) is 4.42 Å². The molecule has 25 heavy (non-hydrogen) atoms. The van der Waals surface area contributed by atoms with E-state index in [0.717, 1.165) is 13.1 Å². The van der Waals surface area contributed by atoms with Crippen molar-refractivity contribution in [3.63, 3.8) is 0 Å². The van der Waals surface area contributed by atoms with Crippen molar-refractivity contribution in [3.05, 3.63) is 47.7 Å². The van der Waals surface area contributed by atoms with Crippen LogP contribution in [0.15, 0.2) is 34.7 Å². The van der Waals surface area contributed by atoms with Gasteiger partial charge >= 0.3 is 0 Å². The Bertz CT molecular complexity index is 718. The summed E-state index contributed by atoms with van der Waals surface area (Å²) < 4.78 is 5.24. The molecule has 0 radical (unpaired) electrons. The van der Waals surface area contributed by atoms with Crippen LogP contribution in [0.4, 0.5) is 0 Å². The smallest absolute Gasteiger partial charge is 0.231 e. The van der Waals surface area contributed by atoms with Crippen molar-refractivity contribution < 1.29 is 14.3 Å². The van der Waals surface area contributed by atoms with E-state index >= 15 is 0 Å². The molecule has 7 heteroatoms. The Morgan fingerprint density at radius 3 is 2.80 bits per heavy atom. The molecule has 2 aromatic rings. The van der Waals surface area contributed by atoms with Crippen molar-refractivity contribution in [2.75, 3.05) is 26.7 Å². The lowest BCUT2D eigenvalue weighted by atomic mass is 10.0. The number of hydrogen-bond acceptors (Lipinski definition) is 6. The average Bonchev–Trinajstić information content (AvgIpc) is 3.14. The lowest BCUT2D eigenvalue weighted by Gasteiger charge is -2.29. The molecule has 1 amide bonds. The van der Waals surface area contributed by atoms with Gasteiger partial charge in [-0.25, -0.2) is 0 Å². The highest BCUT2D eigenvalue weighted by atomic mass is 16.4. The Kier molecular flexibility index (Phi) is 5.15. The normalized spacial score (nSPS) is 20.8. The van der Waals surface area contributed by atoms with Gasteiger partial charge in [-0.2, -0.15) is 0 Å². The number of amides is 1. The maximum absolute atomic E-state index is 12.3. The van der Waals surface area contributed by atoms with Crippen LogP contribution < -0.4 is 0 Å². The second-order valence-electron chi connectivity index (χ2n) is 6.81. The molecule has 0 bridgehead atoms. The summed E-state index contributed by atoms with van der Waals surface area (Å²) >= 11 is 0. The van der Waals surface area contributed by atoms with Gasteiger partial charge in [0, 0.05) is 33.6 Å². The van der Waals surface area contributed by atoms with Gasteiger partial charge < -0.3 is 14.4 Å². The molecular weight excluding hydrogens is 320 g/mol. The zero-order valence-electron chi connectivity index (χ0n) is 14.7. The van der Waals surface area contributed by atoms with Crippen LogP contribution in [0, 0.1) is 6.92 Å². The third kappa shape index (κ3) is 4.64. The summed E-state index contributed by atoms with van der Waals surface area (Å²) in [6, 6.07) is 10.2. The number of aromatic nitrogens is 2. The van der Waals surface area contributed by atoms with E-state index < -0.39 is 5.60 Å². The van der Waals surface area contributed by atoms with Crippen LogP contribution in [-0.2, 0) is 17.8 Å². The molecule has 1 unspecified atom stereocenters.